The second kappa shape index (κ2) is 6.58. The number of aromatic nitrogens is 3. The van der Waals surface area contributed by atoms with E-state index in [-0.39, 0.29) is 11.9 Å². The van der Waals surface area contributed by atoms with Gasteiger partial charge in [0.1, 0.15) is 5.82 Å². The molecule has 1 atom stereocenters. The number of hydrogen-bond donors (Lipinski definition) is 0. The van der Waals surface area contributed by atoms with E-state index in [9.17, 15) is 4.79 Å². The lowest BCUT2D eigenvalue weighted by Crippen LogP contribution is -2.38. The molecule has 3 heterocycles. The topological polar surface area (TPSA) is 54.3 Å². The van der Waals surface area contributed by atoms with Crippen molar-refractivity contribution in [3.8, 4) is 0 Å². The Kier molecular flexibility index (Phi) is 4.52. The zero-order valence-electron chi connectivity index (χ0n) is 13.3. The quantitative estimate of drug-likeness (QED) is 0.861. The first-order valence-corrected chi connectivity index (χ1v) is 8.03. The predicted octanol–water partition coefficient (Wildman–Crippen LogP) is 2.27. The van der Waals surface area contributed by atoms with E-state index in [1.54, 1.807) is 16.9 Å². The fourth-order valence-electron chi connectivity index (χ4n) is 2.99. The van der Waals surface area contributed by atoms with Crippen LogP contribution < -0.4 is 4.90 Å². The minimum Gasteiger partial charge on any atom is -0.350 e. The van der Waals surface area contributed by atoms with Gasteiger partial charge in [-0.25, -0.2) is 4.98 Å². The molecule has 6 nitrogen and oxygen atoms in total. The molecule has 122 valence electrons. The van der Waals surface area contributed by atoms with Gasteiger partial charge in [0.25, 0.3) is 0 Å². The number of pyridine rings is 1. The van der Waals surface area contributed by atoms with E-state index in [2.05, 4.69) is 10.1 Å². The SMILES string of the molecule is CN(CC(=O)N1CCC[C@@H]1c1cnn(C)c1)c1ccc(Cl)cn1. The molecule has 1 aliphatic heterocycles. The Morgan fingerprint density at radius 1 is 1.43 bits per heavy atom. The fraction of sp³-hybridized carbons (Fsp3) is 0.438. The van der Waals surface area contributed by atoms with Crippen LogP contribution in [0, 0.1) is 0 Å². The van der Waals surface area contributed by atoms with Crippen molar-refractivity contribution in [2.24, 2.45) is 7.05 Å². The third-order valence-corrected chi connectivity index (χ3v) is 4.38. The molecule has 23 heavy (non-hydrogen) atoms. The molecule has 2 aromatic rings. The van der Waals surface area contributed by atoms with Crippen LogP contribution in [0.5, 0.6) is 0 Å². The van der Waals surface area contributed by atoms with Gasteiger partial charge in [-0.1, -0.05) is 11.6 Å². The van der Waals surface area contributed by atoms with Crippen molar-refractivity contribution < 1.29 is 4.79 Å². The first-order valence-electron chi connectivity index (χ1n) is 7.65. The summed E-state index contributed by atoms with van der Waals surface area (Å²) < 4.78 is 1.78. The van der Waals surface area contributed by atoms with Crippen LogP contribution in [-0.4, -0.2) is 45.7 Å². The summed E-state index contributed by atoms with van der Waals surface area (Å²) in [6.07, 6.45) is 7.43. The first kappa shape index (κ1) is 15.8. The van der Waals surface area contributed by atoms with Crippen molar-refractivity contribution in [3.05, 3.63) is 41.3 Å². The van der Waals surface area contributed by atoms with Crippen molar-refractivity contribution in [1.29, 1.82) is 0 Å². The first-order chi connectivity index (χ1) is 11.0. The highest BCUT2D eigenvalue weighted by atomic mass is 35.5. The van der Waals surface area contributed by atoms with Crippen LogP contribution >= 0.6 is 11.6 Å². The van der Waals surface area contributed by atoms with Crippen molar-refractivity contribution in [2.75, 3.05) is 25.0 Å². The van der Waals surface area contributed by atoms with Gasteiger partial charge >= 0.3 is 0 Å². The van der Waals surface area contributed by atoms with Crippen molar-refractivity contribution in [3.63, 3.8) is 0 Å². The maximum absolute atomic E-state index is 12.7. The highest BCUT2D eigenvalue weighted by molar-refractivity contribution is 6.30. The van der Waals surface area contributed by atoms with Crippen LogP contribution in [0.1, 0.15) is 24.4 Å². The number of aryl methyl sites for hydroxylation is 1. The molecule has 0 aromatic carbocycles. The number of likely N-dealkylation sites (N-methyl/N-ethyl adjacent to an activating group) is 1. The standard InChI is InChI=1S/C16H20ClN5O/c1-20(15-6-5-13(17)9-18-15)11-16(23)22-7-3-4-14(22)12-8-19-21(2)10-12/h5-6,8-10,14H,3-4,7,11H2,1-2H3/t14-/m1/s1. The number of hydrogen-bond acceptors (Lipinski definition) is 4. The molecular formula is C16H20ClN5O. The zero-order chi connectivity index (χ0) is 16.4. The van der Waals surface area contributed by atoms with E-state index >= 15 is 0 Å². The van der Waals surface area contributed by atoms with Crippen LogP contribution in [0.4, 0.5) is 5.82 Å². The van der Waals surface area contributed by atoms with Crippen molar-refractivity contribution >= 4 is 23.3 Å². The van der Waals surface area contributed by atoms with E-state index in [1.165, 1.54) is 0 Å². The van der Waals surface area contributed by atoms with Gasteiger partial charge in [-0.2, -0.15) is 5.10 Å². The van der Waals surface area contributed by atoms with Gasteiger partial charge in [-0.3, -0.25) is 9.48 Å². The Morgan fingerprint density at radius 3 is 2.91 bits per heavy atom. The van der Waals surface area contributed by atoms with E-state index in [4.69, 9.17) is 11.6 Å². The van der Waals surface area contributed by atoms with Crippen LogP contribution in [0.2, 0.25) is 5.02 Å². The number of halogens is 1. The van der Waals surface area contributed by atoms with Crippen molar-refractivity contribution in [1.82, 2.24) is 19.7 Å². The Bertz CT molecular complexity index is 684. The molecule has 0 N–H and O–H groups in total. The summed E-state index contributed by atoms with van der Waals surface area (Å²) in [5.74, 6) is 0.843. The Labute approximate surface area is 140 Å². The second-order valence-electron chi connectivity index (χ2n) is 5.88. The van der Waals surface area contributed by atoms with E-state index in [0.29, 0.717) is 11.6 Å². The molecule has 1 saturated heterocycles. The number of amides is 1. The lowest BCUT2D eigenvalue weighted by molar-refractivity contribution is -0.130. The molecule has 0 bridgehead atoms. The molecule has 0 unspecified atom stereocenters. The normalized spacial score (nSPS) is 17.5. The van der Waals surface area contributed by atoms with Gasteiger partial charge in [-0.05, 0) is 25.0 Å². The summed E-state index contributed by atoms with van der Waals surface area (Å²) in [5.41, 5.74) is 1.10. The van der Waals surface area contributed by atoms with Crippen LogP contribution in [-0.2, 0) is 11.8 Å². The number of carbonyl (C=O) groups is 1. The van der Waals surface area contributed by atoms with E-state index in [1.807, 2.05) is 42.4 Å². The van der Waals surface area contributed by atoms with Gasteiger partial charge in [0, 0.05) is 38.6 Å². The Hall–Kier alpha value is -2.08. The largest absolute Gasteiger partial charge is 0.350 e. The summed E-state index contributed by atoms with van der Waals surface area (Å²) in [4.78, 5) is 20.7. The average molecular weight is 334 g/mol. The van der Waals surface area contributed by atoms with Crippen LogP contribution in [0.25, 0.3) is 0 Å². The molecule has 1 amide bonds. The minimum atomic E-state index is 0.107. The van der Waals surface area contributed by atoms with Crippen molar-refractivity contribution in [2.45, 2.75) is 18.9 Å². The number of carbonyl (C=O) groups excluding carboxylic acids is 1. The smallest absolute Gasteiger partial charge is 0.242 e. The third-order valence-electron chi connectivity index (χ3n) is 4.16. The summed E-state index contributed by atoms with van der Waals surface area (Å²) in [6, 6.07) is 3.72. The Morgan fingerprint density at radius 2 is 2.26 bits per heavy atom. The molecule has 0 radical (unpaired) electrons. The van der Waals surface area contributed by atoms with Gasteiger partial charge in [-0.15, -0.1) is 0 Å². The maximum Gasteiger partial charge on any atom is 0.242 e. The third kappa shape index (κ3) is 3.47. The van der Waals surface area contributed by atoms with Crippen LogP contribution in [0.15, 0.2) is 30.7 Å². The van der Waals surface area contributed by atoms with Gasteiger partial charge < -0.3 is 9.80 Å². The minimum absolute atomic E-state index is 0.107. The highest BCUT2D eigenvalue weighted by Crippen LogP contribution is 2.31. The molecular weight excluding hydrogens is 314 g/mol. The lowest BCUT2D eigenvalue weighted by Gasteiger charge is -2.27. The molecule has 0 saturated carbocycles. The zero-order valence-corrected chi connectivity index (χ0v) is 14.1. The highest BCUT2D eigenvalue weighted by Gasteiger charge is 2.31. The molecule has 3 rings (SSSR count). The fourth-order valence-corrected chi connectivity index (χ4v) is 3.10. The molecule has 7 heteroatoms. The Balaban J connectivity index is 1.68. The summed E-state index contributed by atoms with van der Waals surface area (Å²) in [5, 5.41) is 4.81. The second-order valence-corrected chi connectivity index (χ2v) is 6.32. The van der Waals surface area contributed by atoms with Gasteiger partial charge in [0.05, 0.1) is 23.8 Å². The monoisotopic (exact) mass is 333 g/mol. The van der Waals surface area contributed by atoms with Gasteiger partial charge in [0.2, 0.25) is 5.91 Å². The molecule has 1 fully saturated rings. The molecule has 0 aliphatic carbocycles. The maximum atomic E-state index is 12.7. The van der Waals surface area contributed by atoms with E-state index < -0.39 is 0 Å². The van der Waals surface area contributed by atoms with Gasteiger partial charge in [0.15, 0.2) is 0 Å². The van der Waals surface area contributed by atoms with Crippen LogP contribution in [0.3, 0.4) is 0 Å². The lowest BCUT2D eigenvalue weighted by atomic mass is 10.1. The summed E-state index contributed by atoms with van der Waals surface area (Å²) in [6.45, 7) is 1.09. The number of rotatable bonds is 4. The number of anilines is 1. The number of likely N-dealkylation sites (tertiary alicyclic amines) is 1. The molecule has 1 aliphatic rings. The molecule has 0 spiro atoms. The molecule has 2 aromatic heterocycles. The summed E-state index contributed by atoms with van der Waals surface area (Å²) in [7, 11) is 3.76. The summed E-state index contributed by atoms with van der Waals surface area (Å²) >= 11 is 5.85. The average Bonchev–Trinajstić information content (AvgIpc) is 3.16. The predicted molar refractivity (Wildman–Crippen MR) is 89.4 cm³/mol. The van der Waals surface area contributed by atoms with E-state index in [0.717, 1.165) is 30.8 Å². The number of nitrogens with zero attached hydrogens (tertiary/aromatic N) is 5.